The molecular weight excluding hydrogens is 314 g/mol. The van der Waals surface area contributed by atoms with Crippen LogP contribution in [0.4, 0.5) is 5.69 Å². The third-order valence-corrected chi connectivity index (χ3v) is 3.81. The molecule has 0 fully saturated rings. The number of carbonyl (C=O) groups excluding carboxylic acids is 2. The Morgan fingerprint density at radius 1 is 1.09 bits per heavy atom. The van der Waals surface area contributed by atoms with Crippen molar-refractivity contribution >= 4 is 29.0 Å². The Morgan fingerprint density at radius 2 is 1.70 bits per heavy atom. The summed E-state index contributed by atoms with van der Waals surface area (Å²) in [7, 11) is 0. The summed E-state index contributed by atoms with van der Waals surface area (Å²) in [6.45, 7) is 3.84. The van der Waals surface area contributed by atoms with Crippen molar-refractivity contribution in [3.63, 3.8) is 0 Å². The summed E-state index contributed by atoms with van der Waals surface area (Å²) < 4.78 is 5.03. The lowest BCUT2D eigenvalue weighted by atomic mass is 10.0. The molecule has 0 unspecified atom stereocenters. The molecule has 0 aromatic heterocycles. The topological polar surface area (TPSA) is 69.4 Å². The molecule has 2 rings (SSSR count). The maximum absolute atomic E-state index is 12.1. The molecule has 0 aliphatic heterocycles. The van der Waals surface area contributed by atoms with Crippen LogP contribution in [0.15, 0.2) is 42.5 Å². The number of ketones is 1. The third kappa shape index (κ3) is 4.33. The van der Waals surface area contributed by atoms with E-state index in [2.05, 4.69) is 13.8 Å². The summed E-state index contributed by atoms with van der Waals surface area (Å²) in [6.07, 6.45) is 0. The van der Waals surface area contributed by atoms with Crippen LogP contribution < -0.4 is 5.73 Å². The molecule has 2 N–H and O–H groups in total. The van der Waals surface area contributed by atoms with E-state index in [9.17, 15) is 9.59 Å². The van der Waals surface area contributed by atoms with E-state index in [0.29, 0.717) is 16.5 Å². The second-order valence-electron chi connectivity index (χ2n) is 5.51. The predicted octanol–water partition coefficient (Wildman–Crippen LogP) is 4.09. The van der Waals surface area contributed by atoms with Crippen molar-refractivity contribution in [1.29, 1.82) is 0 Å². The van der Waals surface area contributed by atoms with Gasteiger partial charge in [-0.3, -0.25) is 4.79 Å². The highest BCUT2D eigenvalue weighted by Gasteiger charge is 2.13. The summed E-state index contributed by atoms with van der Waals surface area (Å²) in [5, 5.41) is 0.364. The number of esters is 1. The summed E-state index contributed by atoms with van der Waals surface area (Å²) in [5.74, 6) is -0.469. The van der Waals surface area contributed by atoms with E-state index in [1.54, 1.807) is 12.1 Å². The summed E-state index contributed by atoms with van der Waals surface area (Å²) in [5.41, 5.74) is 7.85. The highest BCUT2D eigenvalue weighted by molar-refractivity contribution is 6.33. The van der Waals surface area contributed by atoms with E-state index in [-0.39, 0.29) is 23.6 Å². The number of benzene rings is 2. The van der Waals surface area contributed by atoms with Gasteiger partial charge < -0.3 is 10.5 Å². The van der Waals surface area contributed by atoms with Crippen LogP contribution in [-0.4, -0.2) is 18.4 Å². The molecule has 0 amide bonds. The maximum Gasteiger partial charge on any atom is 0.338 e. The number of hydrogen-bond donors (Lipinski definition) is 1. The first kappa shape index (κ1) is 17.0. The lowest BCUT2D eigenvalue weighted by Gasteiger charge is -2.08. The molecule has 5 heteroatoms. The second-order valence-corrected chi connectivity index (χ2v) is 5.92. The molecule has 0 saturated heterocycles. The third-order valence-electron chi connectivity index (χ3n) is 3.47. The van der Waals surface area contributed by atoms with Gasteiger partial charge in [-0.2, -0.15) is 0 Å². The number of anilines is 1. The van der Waals surface area contributed by atoms with Crippen molar-refractivity contribution in [1.82, 2.24) is 0 Å². The van der Waals surface area contributed by atoms with Gasteiger partial charge in [0.1, 0.15) is 0 Å². The molecule has 120 valence electrons. The Morgan fingerprint density at radius 3 is 2.26 bits per heavy atom. The molecule has 0 aliphatic carbocycles. The fourth-order valence-electron chi connectivity index (χ4n) is 2.02. The minimum absolute atomic E-state index is 0.254. The molecule has 0 heterocycles. The van der Waals surface area contributed by atoms with Gasteiger partial charge in [0, 0.05) is 5.56 Å². The smallest absolute Gasteiger partial charge is 0.338 e. The van der Waals surface area contributed by atoms with E-state index in [0.717, 1.165) is 5.56 Å². The largest absolute Gasteiger partial charge is 0.454 e. The molecule has 0 atom stereocenters. The average Bonchev–Trinajstić information content (AvgIpc) is 2.54. The van der Waals surface area contributed by atoms with Gasteiger partial charge in [-0.1, -0.05) is 49.7 Å². The fourth-order valence-corrected chi connectivity index (χ4v) is 2.14. The molecule has 2 aromatic rings. The van der Waals surface area contributed by atoms with Crippen LogP contribution in [0.3, 0.4) is 0 Å². The zero-order chi connectivity index (χ0) is 17.0. The number of ether oxygens (including phenoxy) is 1. The van der Waals surface area contributed by atoms with Crippen LogP contribution >= 0.6 is 11.6 Å². The highest BCUT2D eigenvalue weighted by Crippen LogP contribution is 2.20. The van der Waals surface area contributed by atoms with Crippen molar-refractivity contribution in [3.05, 3.63) is 64.2 Å². The first-order valence-corrected chi connectivity index (χ1v) is 7.61. The molecule has 0 saturated carbocycles. The van der Waals surface area contributed by atoms with Crippen LogP contribution in [-0.2, 0) is 4.74 Å². The van der Waals surface area contributed by atoms with E-state index in [1.165, 1.54) is 18.2 Å². The van der Waals surface area contributed by atoms with Gasteiger partial charge in [0.25, 0.3) is 0 Å². The SMILES string of the molecule is CC(C)c1ccc(C(=O)COC(=O)c2ccc(Cl)c(N)c2)cc1. The number of nitrogen functional groups attached to an aromatic ring is 1. The zero-order valence-electron chi connectivity index (χ0n) is 13.0. The van der Waals surface area contributed by atoms with Gasteiger partial charge in [0.2, 0.25) is 0 Å². The average molecular weight is 332 g/mol. The second kappa shape index (κ2) is 7.29. The minimum atomic E-state index is -0.611. The number of hydrogen-bond acceptors (Lipinski definition) is 4. The van der Waals surface area contributed by atoms with Crippen LogP contribution in [0, 0.1) is 0 Å². The summed E-state index contributed by atoms with van der Waals surface area (Å²) in [4.78, 5) is 24.0. The lowest BCUT2D eigenvalue weighted by Crippen LogP contribution is -2.14. The quantitative estimate of drug-likeness (QED) is 0.509. The van der Waals surface area contributed by atoms with Crippen LogP contribution in [0.1, 0.15) is 46.0 Å². The number of rotatable bonds is 5. The summed E-state index contributed by atoms with van der Waals surface area (Å²) in [6, 6.07) is 11.7. The molecule has 0 bridgehead atoms. The Bertz CT molecular complexity index is 724. The predicted molar refractivity (Wildman–Crippen MR) is 91.0 cm³/mol. The van der Waals surface area contributed by atoms with Crippen molar-refractivity contribution < 1.29 is 14.3 Å². The molecular formula is C18H18ClNO3. The first-order chi connectivity index (χ1) is 10.9. The molecule has 0 radical (unpaired) electrons. The number of carbonyl (C=O) groups is 2. The molecule has 4 nitrogen and oxygen atoms in total. The van der Waals surface area contributed by atoms with Crippen molar-refractivity contribution in [3.8, 4) is 0 Å². The van der Waals surface area contributed by atoms with Gasteiger partial charge >= 0.3 is 5.97 Å². The van der Waals surface area contributed by atoms with E-state index in [1.807, 2.05) is 12.1 Å². The molecule has 0 spiro atoms. The number of nitrogens with two attached hydrogens (primary N) is 1. The van der Waals surface area contributed by atoms with E-state index < -0.39 is 5.97 Å². The number of Topliss-reactive ketones (excluding diaryl/α,β-unsaturated/α-hetero) is 1. The van der Waals surface area contributed by atoms with Gasteiger partial charge in [-0.25, -0.2) is 4.79 Å². The molecule has 2 aromatic carbocycles. The Hall–Kier alpha value is -2.33. The fraction of sp³-hybridized carbons (Fsp3) is 0.222. The van der Waals surface area contributed by atoms with Gasteiger partial charge in [-0.15, -0.1) is 0 Å². The van der Waals surface area contributed by atoms with E-state index >= 15 is 0 Å². The van der Waals surface area contributed by atoms with Crippen molar-refractivity contribution in [2.45, 2.75) is 19.8 Å². The van der Waals surface area contributed by atoms with Crippen LogP contribution in [0.25, 0.3) is 0 Å². The van der Waals surface area contributed by atoms with E-state index in [4.69, 9.17) is 22.1 Å². The molecule has 0 aliphatic rings. The summed E-state index contributed by atoms with van der Waals surface area (Å²) >= 11 is 5.80. The highest BCUT2D eigenvalue weighted by atomic mass is 35.5. The van der Waals surface area contributed by atoms with Crippen LogP contribution in [0.2, 0.25) is 5.02 Å². The Balaban J connectivity index is 1.98. The monoisotopic (exact) mass is 331 g/mol. The van der Waals surface area contributed by atoms with Crippen molar-refractivity contribution in [2.24, 2.45) is 0 Å². The lowest BCUT2D eigenvalue weighted by molar-refractivity contribution is 0.0475. The normalized spacial score (nSPS) is 10.6. The standard InChI is InChI=1S/C18H18ClNO3/c1-11(2)12-3-5-13(6-4-12)17(21)10-23-18(22)14-7-8-15(19)16(20)9-14/h3-9,11H,10,20H2,1-2H3. The molecule has 23 heavy (non-hydrogen) atoms. The minimum Gasteiger partial charge on any atom is -0.454 e. The van der Waals surface area contributed by atoms with Gasteiger partial charge in [0.05, 0.1) is 16.3 Å². The van der Waals surface area contributed by atoms with Crippen LogP contribution in [0.5, 0.6) is 0 Å². The first-order valence-electron chi connectivity index (χ1n) is 7.24. The Kier molecular flexibility index (Phi) is 5.40. The van der Waals surface area contributed by atoms with Crippen molar-refractivity contribution in [2.75, 3.05) is 12.3 Å². The maximum atomic E-state index is 12.1. The zero-order valence-corrected chi connectivity index (χ0v) is 13.8. The van der Waals surface area contributed by atoms with Gasteiger partial charge in [-0.05, 0) is 29.7 Å². The van der Waals surface area contributed by atoms with Gasteiger partial charge in [0.15, 0.2) is 12.4 Å². The number of halogens is 1. The Labute approximate surface area is 140 Å².